The van der Waals surface area contributed by atoms with Crippen LogP contribution in [0.1, 0.15) is 57.2 Å². The highest BCUT2D eigenvalue weighted by Crippen LogP contribution is 2.23. The molecule has 0 amide bonds. The normalized spacial score (nSPS) is 20.7. The number of nitrogens with zero attached hydrogens (tertiary/aromatic N) is 1. The first-order chi connectivity index (χ1) is 9.05. The molecule has 1 fully saturated rings. The maximum absolute atomic E-state index is 5.73. The van der Waals surface area contributed by atoms with Gasteiger partial charge in [0, 0.05) is 23.9 Å². The Hall–Kier alpha value is -0.450. The van der Waals surface area contributed by atoms with Crippen LogP contribution >= 0.6 is 11.3 Å². The number of aromatic nitrogens is 1. The SMILES string of the molecule is CC(C)(C)c1csc(CNCCC2CCCCO2)n1. The van der Waals surface area contributed by atoms with E-state index in [0.29, 0.717) is 6.10 Å². The second-order valence-electron chi connectivity index (χ2n) is 6.33. The van der Waals surface area contributed by atoms with Gasteiger partial charge in [0.25, 0.3) is 0 Å². The maximum Gasteiger partial charge on any atom is 0.107 e. The monoisotopic (exact) mass is 282 g/mol. The van der Waals surface area contributed by atoms with Gasteiger partial charge in [0.1, 0.15) is 5.01 Å². The molecule has 1 aromatic heterocycles. The van der Waals surface area contributed by atoms with E-state index in [9.17, 15) is 0 Å². The molecule has 1 saturated heterocycles. The lowest BCUT2D eigenvalue weighted by molar-refractivity contribution is 0.0115. The van der Waals surface area contributed by atoms with Crippen molar-refractivity contribution in [2.45, 2.75) is 64.5 Å². The zero-order chi connectivity index (χ0) is 13.7. The first-order valence-corrected chi connectivity index (χ1v) is 8.21. The first kappa shape index (κ1) is 14.9. The third-order valence-electron chi connectivity index (χ3n) is 3.51. The fourth-order valence-corrected chi connectivity index (χ4v) is 3.22. The minimum absolute atomic E-state index is 0.157. The van der Waals surface area contributed by atoms with Crippen LogP contribution in [0.25, 0.3) is 0 Å². The summed E-state index contributed by atoms with van der Waals surface area (Å²) < 4.78 is 5.73. The van der Waals surface area contributed by atoms with Gasteiger partial charge in [-0.25, -0.2) is 4.98 Å². The summed E-state index contributed by atoms with van der Waals surface area (Å²) in [6.45, 7) is 9.48. The van der Waals surface area contributed by atoms with E-state index in [-0.39, 0.29) is 5.41 Å². The Morgan fingerprint density at radius 3 is 2.89 bits per heavy atom. The summed E-state index contributed by atoms with van der Waals surface area (Å²) in [5.41, 5.74) is 1.36. The second-order valence-corrected chi connectivity index (χ2v) is 7.27. The molecule has 1 N–H and O–H groups in total. The molecule has 2 rings (SSSR count). The summed E-state index contributed by atoms with van der Waals surface area (Å²) in [7, 11) is 0. The van der Waals surface area contributed by atoms with Gasteiger partial charge in [0.2, 0.25) is 0 Å². The van der Waals surface area contributed by atoms with Crippen LogP contribution in [0, 0.1) is 0 Å². The van der Waals surface area contributed by atoms with Crippen molar-refractivity contribution in [2.75, 3.05) is 13.2 Å². The van der Waals surface area contributed by atoms with Crippen LogP contribution in [0.5, 0.6) is 0 Å². The fourth-order valence-electron chi connectivity index (χ4n) is 2.23. The van der Waals surface area contributed by atoms with Crippen molar-refractivity contribution in [1.29, 1.82) is 0 Å². The average molecular weight is 282 g/mol. The lowest BCUT2D eigenvalue weighted by Crippen LogP contribution is -2.25. The number of hydrogen-bond donors (Lipinski definition) is 1. The summed E-state index contributed by atoms with van der Waals surface area (Å²) in [6.07, 6.45) is 5.39. The summed E-state index contributed by atoms with van der Waals surface area (Å²) in [5, 5.41) is 6.85. The molecule has 4 heteroatoms. The van der Waals surface area contributed by atoms with Crippen molar-refractivity contribution in [3.8, 4) is 0 Å². The van der Waals surface area contributed by atoms with Crippen LogP contribution in [0.4, 0.5) is 0 Å². The topological polar surface area (TPSA) is 34.1 Å². The van der Waals surface area contributed by atoms with E-state index < -0.39 is 0 Å². The number of hydrogen-bond acceptors (Lipinski definition) is 4. The van der Waals surface area contributed by atoms with E-state index in [0.717, 1.165) is 26.1 Å². The molecule has 3 nitrogen and oxygen atoms in total. The van der Waals surface area contributed by atoms with Gasteiger partial charge in [-0.3, -0.25) is 0 Å². The summed E-state index contributed by atoms with van der Waals surface area (Å²) in [4.78, 5) is 4.69. The lowest BCUT2D eigenvalue weighted by Gasteiger charge is -2.22. The summed E-state index contributed by atoms with van der Waals surface area (Å²) in [6, 6.07) is 0. The Labute approximate surface area is 120 Å². The van der Waals surface area contributed by atoms with Gasteiger partial charge in [0.15, 0.2) is 0 Å². The minimum atomic E-state index is 0.157. The molecule has 1 atom stereocenters. The molecule has 0 aliphatic carbocycles. The Morgan fingerprint density at radius 2 is 2.26 bits per heavy atom. The number of ether oxygens (including phenoxy) is 1. The van der Waals surface area contributed by atoms with Crippen LogP contribution in [-0.4, -0.2) is 24.2 Å². The Bertz CT molecular complexity index is 378. The van der Waals surface area contributed by atoms with Gasteiger partial charge in [-0.2, -0.15) is 0 Å². The molecule has 0 spiro atoms. The van der Waals surface area contributed by atoms with Gasteiger partial charge >= 0.3 is 0 Å². The van der Waals surface area contributed by atoms with Crippen LogP contribution in [-0.2, 0) is 16.7 Å². The third kappa shape index (κ3) is 4.86. The predicted molar refractivity (Wildman–Crippen MR) is 80.7 cm³/mol. The van der Waals surface area contributed by atoms with Crippen LogP contribution in [0.15, 0.2) is 5.38 Å². The Kier molecular flexibility index (Phi) is 5.37. The van der Waals surface area contributed by atoms with Gasteiger partial charge in [-0.15, -0.1) is 11.3 Å². The maximum atomic E-state index is 5.73. The highest BCUT2D eigenvalue weighted by atomic mass is 32.1. The highest BCUT2D eigenvalue weighted by molar-refractivity contribution is 7.09. The largest absolute Gasteiger partial charge is 0.378 e. The predicted octanol–water partition coefficient (Wildman–Crippen LogP) is 3.49. The molecular formula is C15H26N2OS. The summed E-state index contributed by atoms with van der Waals surface area (Å²) >= 11 is 1.76. The smallest absolute Gasteiger partial charge is 0.107 e. The minimum Gasteiger partial charge on any atom is -0.378 e. The molecule has 1 aromatic rings. The molecule has 0 saturated carbocycles. The zero-order valence-corrected chi connectivity index (χ0v) is 13.2. The number of thiazole rings is 1. The van der Waals surface area contributed by atoms with Crippen molar-refractivity contribution >= 4 is 11.3 Å². The van der Waals surface area contributed by atoms with Crippen LogP contribution < -0.4 is 5.32 Å². The molecule has 19 heavy (non-hydrogen) atoms. The Morgan fingerprint density at radius 1 is 1.42 bits per heavy atom. The molecule has 1 aliphatic heterocycles. The van der Waals surface area contributed by atoms with Crippen molar-refractivity contribution in [3.05, 3.63) is 16.1 Å². The molecule has 1 aliphatic rings. The van der Waals surface area contributed by atoms with E-state index in [1.54, 1.807) is 11.3 Å². The van der Waals surface area contributed by atoms with E-state index in [1.807, 2.05) is 0 Å². The highest BCUT2D eigenvalue weighted by Gasteiger charge is 2.17. The van der Waals surface area contributed by atoms with Crippen molar-refractivity contribution in [2.24, 2.45) is 0 Å². The molecule has 2 heterocycles. The van der Waals surface area contributed by atoms with Gasteiger partial charge in [-0.05, 0) is 32.2 Å². The molecular weight excluding hydrogens is 256 g/mol. The van der Waals surface area contributed by atoms with Crippen molar-refractivity contribution in [3.63, 3.8) is 0 Å². The van der Waals surface area contributed by atoms with Crippen molar-refractivity contribution < 1.29 is 4.74 Å². The molecule has 0 bridgehead atoms. The zero-order valence-electron chi connectivity index (χ0n) is 12.4. The number of rotatable bonds is 5. The molecule has 1 unspecified atom stereocenters. The first-order valence-electron chi connectivity index (χ1n) is 7.33. The van der Waals surface area contributed by atoms with Crippen molar-refractivity contribution in [1.82, 2.24) is 10.3 Å². The van der Waals surface area contributed by atoms with Crippen LogP contribution in [0.3, 0.4) is 0 Å². The van der Waals surface area contributed by atoms with Crippen LogP contribution in [0.2, 0.25) is 0 Å². The van der Waals surface area contributed by atoms with E-state index in [2.05, 4.69) is 31.5 Å². The fraction of sp³-hybridized carbons (Fsp3) is 0.800. The van der Waals surface area contributed by atoms with E-state index in [1.165, 1.54) is 30.0 Å². The number of nitrogens with one attached hydrogen (secondary N) is 1. The lowest BCUT2D eigenvalue weighted by atomic mass is 9.93. The van der Waals surface area contributed by atoms with Gasteiger partial charge in [0.05, 0.1) is 11.8 Å². The van der Waals surface area contributed by atoms with Gasteiger partial charge in [-0.1, -0.05) is 20.8 Å². The quantitative estimate of drug-likeness (QED) is 0.839. The third-order valence-corrected chi connectivity index (χ3v) is 4.36. The molecule has 0 radical (unpaired) electrons. The summed E-state index contributed by atoms with van der Waals surface area (Å²) in [5.74, 6) is 0. The van der Waals surface area contributed by atoms with Gasteiger partial charge < -0.3 is 10.1 Å². The molecule has 0 aromatic carbocycles. The van der Waals surface area contributed by atoms with E-state index in [4.69, 9.17) is 9.72 Å². The average Bonchev–Trinajstić information content (AvgIpc) is 2.85. The Balaban J connectivity index is 1.66. The van der Waals surface area contributed by atoms with E-state index >= 15 is 0 Å². The molecule has 108 valence electrons. The second kappa shape index (κ2) is 6.82. The standard InChI is InChI=1S/C15H26N2OS/c1-15(2,3)13-11-19-14(17-13)10-16-8-7-12-6-4-5-9-18-12/h11-12,16H,4-10H2,1-3H3.